The SMILES string of the molecule is COc1ccc(OCCN(C)C(=O)CCOc2ccccc2F)cc1. The predicted octanol–water partition coefficient (Wildman–Crippen LogP) is 3.14. The molecular weight excluding hydrogens is 325 g/mol. The summed E-state index contributed by atoms with van der Waals surface area (Å²) in [7, 11) is 3.30. The average molecular weight is 347 g/mol. The highest BCUT2D eigenvalue weighted by atomic mass is 19.1. The topological polar surface area (TPSA) is 48.0 Å². The minimum absolute atomic E-state index is 0.0883. The lowest BCUT2D eigenvalue weighted by molar-refractivity contribution is -0.130. The largest absolute Gasteiger partial charge is 0.497 e. The van der Waals surface area contributed by atoms with Gasteiger partial charge in [0.05, 0.1) is 26.7 Å². The molecule has 0 N–H and O–H groups in total. The first-order chi connectivity index (χ1) is 12.1. The van der Waals surface area contributed by atoms with Crippen LogP contribution in [-0.2, 0) is 4.79 Å². The van der Waals surface area contributed by atoms with E-state index in [1.165, 1.54) is 12.1 Å². The molecule has 0 fully saturated rings. The molecule has 1 amide bonds. The van der Waals surface area contributed by atoms with E-state index in [1.54, 1.807) is 31.2 Å². The van der Waals surface area contributed by atoms with Crippen molar-refractivity contribution >= 4 is 5.91 Å². The zero-order valence-electron chi connectivity index (χ0n) is 14.4. The number of hydrogen-bond acceptors (Lipinski definition) is 4. The summed E-state index contributed by atoms with van der Waals surface area (Å²) in [5.41, 5.74) is 0. The summed E-state index contributed by atoms with van der Waals surface area (Å²) < 4.78 is 29.4. The molecule has 0 spiro atoms. The molecule has 2 aromatic carbocycles. The molecule has 0 saturated heterocycles. The maximum absolute atomic E-state index is 13.4. The second-order valence-corrected chi connectivity index (χ2v) is 5.37. The highest BCUT2D eigenvalue weighted by Gasteiger charge is 2.10. The first-order valence-electron chi connectivity index (χ1n) is 7.98. The molecule has 0 aliphatic rings. The number of benzene rings is 2. The second-order valence-electron chi connectivity index (χ2n) is 5.37. The Bertz CT molecular complexity index is 675. The summed E-state index contributed by atoms with van der Waals surface area (Å²) in [5.74, 6) is 1.10. The second kappa shape index (κ2) is 9.52. The van der Waals surface area contributed by atoms with Crippen LogP contribution in [-0.4, -0.2) is 44.7 Å². The Balaban J connectivity index is 1.66. The number of methoxy groups -OCH3 is 1. The number of ether oxygens (including phenoxy) is 3. The summed E-state index contributed by atoms with van der Waals surface area (Å²) in [6, 6.07) is 13.4. The van der Waals surface area contributed by atoms with Crippen molar-refractivity contribution in [3.8, 4) is 17.2 Å². The first kappa shape index (κ1) is 18.6. The number of likely N-dealkylation sites (N-methyl/N-ethyl adjacent to an activating group) is 1. The first-order valence-corrected chi connectivity index (χ1v) is 7.98. The molecule has 0 aliphatic carbocycles. The van der Waals surface area contributed by atoms with Gasteiger partial charge in [0.1, 0.15) is 18.1 Å². The molecular formula is C19H22FNO4. The molecule has 0 saturated carbocycles. The Hall–Kier alpha value is -2.76. The third-order valence-corrected chi connectivity index (χ3v) is 3.59. The molecule has 0 unspecified atom stereocenters. The summed E-state index contributed by atoms with van der Waals surface area (Å²) in [5, 5.41) is 0. The summed E-state index contributed by atoms with van der Waals surface area (Å²) in [6.45, 7) is 0.955. The Morgan fingerprint density at radius 1 is 1.00 bits per heavy atom. The van der Waals surface area contributed by atoms with E-state index >= 15 is 0 Å². The number of carbonyl (C=O) groups is 1. The van der Waals surface area contributed by atoms with Crippen molar-refractivity contribution in [3.63, 3.8) is 0 Å². The average Bonchev–Trinajstić information content (AvgIpc) is 2.63. The van der Waals surface area contributed by atoms with Crippen molar-refractivity contribution < 1.29 is 23.4 Å². The van der Waals surface area contributed by atoms with Crippen LogP contribution in [0.15, 0.2) is 48.5 Å². The number of carbonyl (C=O) groups excluding carboxylic acids is 1. The van der Waals surface area contributed by atoms with E-state index in [-0.39, 0.29) is 24.7 Å². The molecule has 0 heterocycles. The maximum atomic E-state index is 13.4. The molecule has 0 bridgehead atoms. The zero-order chi connectivity index (χ0) is 18.1. The number of nitrogens with zero attached hydrogens (tertiary/aromatic N) is 1. The van der Waals surface area contributed by atoms with E-state index < -0.39 is 5.82 Å². The normalized spacial score (nSPS) is 10.2. The molecule has 6 heteroatoms. The number of hydrogen-bond donors (Lipinski definition) is 0. The standard InChI is InChI=1S/C19H22FNO4/c1-21(12-14-24-16-9-7-15(23-2)8-10-16)19(22)11-13-25-18-6-4-3-5-17(18)20/h3-10H,11-14H2,1-2H3. The minimum Gasteiger partial charge on any atom is -0.497 e. The third kappa shape index (κ3) is 5.99. The monoisotopic (exact) mass is 347 g/mol. The molecule has 2 rings (SSSR count). The summed E-state index contributed by atoms with van der Waals surface area (Å²) >= 11 is 0. The smallest absolute Gasteiger partial charge is 0.225 e. The number of amides is 1. The van der Waals surface area contributed by atoms with E-state index in [1.807, 2.05) is 24.3 Å². The lowest BCUT2D eigenvalue weighted by Gasteiger charge is -2.18. The van der Waals surface area contributed by atoms with E-state index in [2.05, 4.69) is 0 Å². The van der Waals surface area contributed by atoms with Crippen LogP contribution in [0.5, 0.6) is 17.2 Å². The quantitative estimate of drug-likeness (QED) is 0.699. The molecule has 25 heavy (non-hydrogen) atoms. The van der Waals surface area contributed by atoms with Crippen LogP contribution in [0.2, 0.25) is 0 Å². The molecule has 0 aromatic heterocycles. The summed E-state index contributed by atoms with van der Waals surface area (Å²) in [4.78, 5) is 13.6. The van der Waals surface area contributed by atoms with Gasteiger partial charge in [-0.15, -0.1) is 0 Å². The molecule has 2 aromatic rings. The summed E-state index contributed by atoms with van der Waals surface area (Å²) in [6.07, 6.45) is 0.174. The van der Waals surface area contributed by atoms with Gasteiger partial charge in [-0.2, -0.15) is 0 Å². The van der Waals surface area contributed by atoms with E-state index in [0.717, 1.165) is 5.75 Å². The van der Waals surface area contributed by atoms with E-state index in [9.17, 15) is 9.18 Å². The minimum atomic E-state index is -0.434. The molecule has 0 atom stereocenters. The van der Waals surface area contributed by atoms with Crippen molar-refractivity contribution in [3.05, 3.63) is 54.3 Å². The van der Waals surface area contributed by atoms with Crippen LogP contribution in [0.4, 0.5) is 4.39 Å². The van der Waals surface area contributed by atoms with Crippen molar-refractivity contribution in [1.29, 1.82) is 0 Å². The highest BCUT2D eigenvalue weighted by Crippen LogP contribution is 2.17. The van der Waals surface area contributed by atoms with Crippen molar-refractivity contribution in [2.75, 3.05) is 33.9 Å². The maximum Gasteiger partial charge on any atom is 0.225 e. The van der Waals surface area contributed by atoms with Gasteiger partial charge >= 0.3 is 0 Å². The Kier molecular flexibility index (Phi) is 7.07. The van der Waals surface area contributed by atoms with Gasteiger partial charge in [-0.05, 0) is 36.4 Å². The van der Waals surface area contributed by atoms with Crippen LogP contribution in [0.25, 0.3) is 0 Å². The van der Waals surface area contributed by atoms with Gasteiger partial charge in [-0.1, -0.05) is 12.1 Å². The lowest BCUT2D eigenvalue weighted by Crippen LogP contribution is -2.31. The number of para-hydroxylation sites is 1. The molecule has 0 aliphatic heterocycles. The van der Waals surface area contributed by atoms with Gasteiger partial charge in [0.2, 0.25) is 5.91 Å². The zero-order valence-corrected chi connectivity index (χ0v) is 14.4. The molecule has 0 radical (unpaired) electrons. The fourth-order valence-electron chi connectivity index (χ4n) is 2.10. The number of rotatable bonds is 9. The highest BCUT2D eigenvalue weighted by molar-refractivity contribution is 5.75. The van der Waals surface area contributed by atoms with E-state index in [4.69, 9.17) is 14.2 Å². The van der Waals surface area contributed by atoms with Gasteiger partial charge < -0.3 is 19.1 Å². The predicted molar refractivity (Wildman–Crippen MR) is 92.6 cm³/mol. The lowest BCUT2D eigenvalue weighted by atomic mass is 10.3. The van der Waals surface area contributed by atoms with Gasteiger partial charge in [-0.25, -0.2) is 4.39 Å². The Morgan fingerprint density at radius 3 is 2.36 bits per heavy atom. The van der Waals surface area contributed by atoms with Crippen LogP contribution < -0.4 is 14.2 Å². The fourth-order valence-corrected chi connectivity index (χ4v) is 2.10. The van der Waals surface area contributed by atoms with E-state index in [0.29, 0.717) is 18.9 Å². The molecule has 134 valence electrons. The van der Waals surface area contributed by atoms with Crippen LogP contribution in [0, 0.1) is 5.82 Å². The van der Waals surface area contributed by atoms with Gasteiger partial charge in [0.25, 0.3) is 0 Å². The fraction of sp³-hybridized carbons (Fsp3) is 0.316. The third-order valence-electron chi connectivity index (χ3n) is 3.59. The van der Waals surface area contributed by atoms with Crippen molar-refractivity contribution in [2.45, 2.75) is 6.42 Å². The van der Waals surface area contributed by atoms with Crippen LogP contribution >= 0.6 is 0 Å². The Morgan fingerprint density at radius 2 is 1.68 bits per heavy atom. The molecule has 5 nitrogen and oxygen atoms in total. The van der Waals surface area contributed by atoms with Crippen molar-refractivity contribution in [1.82, 2.24) is 4.90 Å². The van der Waals surface area contributed by atoms with Gasteiger partial charge in [-0.3, -0.25) is 4.79 Å². The van der Waals surface area contributed by atoms with Gasteiger partial charge in [0, 0.05) is 7.05 Å². The van der Waals surface area contributed by atoms with Crippen LogP contribution in [0.3, 0.4) is 0 Å². The van der Waals surface area contributed by atoms with Gasteiger partial charge in [0.15, 0.2) is 11.6 Å². The van der Waals surface area contributed by atoms with Crippen molar-refractivity contribution in [2.24, 2.45) is 0 Å². The van der Waals surface area contributed by atoms with Crippen LogP contribution in [0.1, 0.15) is 6.42 Å². The number of halogens is 1. The Labute approximate surface area is 146 Å².